The summed E-state index contributed by atoms with van der Waals surface area (Å²) in [6.07, 6.45) is 4.57. The van der Waals surface area contributed by atoms with Crippen molar-refractivity contribution in [3.05, 3.63) is 0 Å². The molecule has 2 aliphatic carbocycles. The Kier molecular flexibility index (Phi) is 1.86. The van der Waals surface area contributed by atoms with Crippen LogP contribution >= 0.6 is 15.9 Å². The molecule has 0 bridgehead atoms. The summed E-state index contributed by atoms with van der Waals surface area (Å²) in [6, 6.07) is 0. The lowest BCUT2D eigenvalue weighted by Crippen LogP contribution is -2.44. The van der Waals surface area contributed by atoms with Gasteiger partial charge in [-0.3, -0.25) is 9.59 Å². The third-order valence-corrected chi connectivity index (χ3v) is 4.10. The predicted molar refractivity (Wildman–Crippen MR) is 48.2 cm³/mol. The summed E-state index contributed by atoms with van der Waals surface area (Å²) in [6.45, 7) is 0. The second kappa shape index (κ2) is 2.66. The fourth-order valence-corrected chi connectivity index (χ4v) is 2.51. The molecule has 2 rings (SSSR count). The largest absolute Gasteiger partial charge is 0.298 e. The van der Waals surface area contributed by atoms with E-state index in [0.29, 0.717) is 12.8 Å². The summed E-state index contributed by atoms with van der Waals surface area (Å²) in [5, 5.41) is 0. The molecule has 0 aromatic rings. The average molecular weight is 231 g/mol. The number of hydrogen-bond donors (Lipinski definition) is 0. The lowest BCUT2D eigenvalue weighted by Gasteiger charge is -2.44. The number of carbonyl (C=O) groups excluding carboxylic acids is 2. The maximum Gasteiger partial charge on any atom is 0.154 e. The Balaban J connectivity index is 2.15. The number of rotatable bonds is 0. The van der Waals surface area contributed by atoms with Gasteiger partial charge in [-0.2, -0.15) is 0 Å². The highest BCUT2D eigenvalue weighted by Crippen LogP contribution is 2.50. The van der Waals surface area contributed by atoms with Crippen molar-refractivity contribution in [2.75, 3.05) is 0 Å². The lowest BCUT2D eigenvalue weighted by molar-refractivity contribution is -0.135. The molecule has 12 heavy (non-hydrogen) atoms. The quantitative estimate of drug-likeness (QED) is 0.471. The Labute approximate surface area is 79.8 Å². The molecule has 2 fully saturated rings. The molecule has 0 N–H and O–H groups in total. The van der Waals surface area contributed by atoms with Gasteiger partial charge in [0.2, 0.25) is 0 Å². The fraction of sp³-hybridized carbons (Fsp3) is 0.778. The minimum atomic E-state index is -0.497. The fourth-order valence-electron chi connectivity index (χ4n) is 2.19. The van der Waals surface area contributed by atoms with Crippen LogP contribution in [-0.4, -0.2) is 16.4 Å². The van der Waals surface area contributed by atoms with Crippen LogP contribution < -0.4 is 0 Å². The Morgan fingerprint density at radius 2 is 1.67 bits per heavy atom. The molecule has 0 heterocycles. The van der Waals surface area contributed by atoms with Gasteiger partial charge < -0.3 is 0 Å². The topological polar surface area (TPSA) is 34.1 Å². The molecule has 0 aromatic heterocycles. The Morgan fingerprint density at radius 3 is 2.00 bits per heavy atom. The van der Waals surface area contributed by atoms with Crippen LogP contribution in [0.25, 0.3) is 0 Å². The molecule has 3 heteroatoms. The molecule has 2 aliphatic rings. The molecule has 66 valence electrons. The average Bonchev–Trinajstić information content (AvgIpc) is 1.96. The van der Waals surface area contributed by atoms with Crippen LogP contribution in [0.2, 0.25) is 0 Å². The van der Waals surface area contributed by atoms with Gasteiger partial charge in [0.15, 0.2) is 11.6 Å². The van der Waals surface area contributed by atoms with Crippen LogP contribution in [0.4, 0.5) is 0 Å². The molecule has 2 nitrogen and oxygen atoms in total. The van der Waals surface area contributed by atoms with Gasteiger partial charge in [-0.1, -0.05) is 22.4 Å². The first kappa shape index (κ1) is 8.42. The van der Waals surface area contributed by atoms with E-state index >= 15 is 0 Å². The zero-order valence-corrected chi connectivity index (χ0v) is 8.39. The Bertz CT molecular complexity index is 223. The van der Waals surface area contributed by atoms with Gasteiger partial charge >= 0.3 is 0 Å². The highest BCUT2D eigenvalue weighted by Gasteiger charge is 2.47. The summed E-state index contributed by atoms with van der Waals surface area (Å²) in [4.78, 5) is 22.2. The molecule has 0 amide bonds. The number of ketones is 2. The van der Waals surface area contributed by atoms with Crippen LogP contribution in [0.5, 0.6) is 0 Å². The molecule has 1 spiro atoms. The summed E-state index contributed by atoms with van der Waals surface area (Å²) >= 11 is 3.12. The maximum absolute atomic E-state index is 11.3. The van der Waals surface area contributed by atoms with E-state index in [9.17, 15) is 9.59 Å². The van der Waals surface area contributed by atoms with Crippen molar-refractivity contribution in [1.82, 2.24) is 0 Å². The molecule has 0 radical (unpaired) electrons. The van der Waals surface area contributed by atoms with Gasteiger partial charge in [0, 0.05) is 12.8 Å². The third kappa shape index (κ3) is 1.15. The second-order valence-corrected chi connectivity index (χ2v) is 4.92. The van der Waals surface area contributed by atoms with Gasteiger partial charge in [-0.05, 0) is 18.3 Å². The predicted octanol–water partition coefficient (Wildman–Crippen LogP) is 1.85. The smallest absolute Gasteiger partial charge is 0.154 e. The van der Waals surface area contributed by atoms with Gasteiger partial charge in [0.25, 0.3) is 0 Å². The normalized spacial score (nSPS) is 29.1. The minimum absolute atomic E-state index is 0.0888. The first-order valence-electron chi connectivity index (χ1n) is 4.33. The van der Waals surface area contributed by atoms with E-state index < -0.39 is 4.83 Å². The van der Waals surface area contributed by atoms with Crippen LogP contribution in [0.3, 0.4) is 0 Å². The molecular formula is C9H11BrO2. The van der Waals surface area contributed by atoms with E-state index in [4.69, 9.17) is 0 Å². The zero-order chi connectivity index (χ0) is 8.77. The number of halogens is 1. The van der Waals surface area contributed by atoms with Crippen LogP contribution in [0.15, 0.2) is 0 Å². The molecule has 0 aliphatic heterocycles. The van der Waals surface area contributed by atoms with Crippen LogP contribution in [0, 0.1) is 5.41 Å². The molecular weight excluding hydrogens is 220 g/mol. The molecule has 0 unspecified atom stereocenters. The van der Waals surface area contributed by atoms with Crippen LogP contribution in [-0.2, 0) is 9.59 Å². The Hall–Kier alpha value is -0.180. The Morgan fingerprint density at radius 1 is 1.17 bits per heavy atom. The first-order valence-corrected chi connectivity index (χ1v) is 5.24. The molecule has 0 saturated heterocycles. The lowest BCUT2D eigenvalue weighted by atomic mass is 9.60. The van der Waals surface area contributed by atoms with Gasteiger partial charge in [-0.25, -0.2) is 0 Å². The monoisotopic (exact) mass is 230 g/mol. The maximum atomic E-state index is 11.3. The standard InChI is InChI=1S/C9H11BrO2/c10-8-6(11)4-9(2-1-3-9)5-7(8)12/h8H,1-5H2. The van der Waals surface area contributed by atoms with E-state index in [1.165, 1.54) is 6.42 Å². The first-order chi connectivity index (χ1) is 5.63. The molecule has 2 saturated carbocycles. The van der Waals surface area contributed by atoms with Gasteiger partial charge in [0.1, 0.15) is 4.83 Å². The van der Waals surface area contributed by atoms with Crippen molar-refractivity contribution in [3.8, 4) is 0 Å². The van der Waals surface area contributed by atoms with Crippen molar-refractivity contribution >= 4 is 27.5 Å². The van der Waals surface area contributed by atoms with E-state index in [2.05, 4.69) is 15.9 Å². The van der Waals surface area contributed by atoms with Crippen LogP contribution in [0.1, 0.15) is 32.1 Å². The van der Waals surface area contributed by atoms with Gasteiger partial charge in [-0.15, -0.1) is 0 Å². The SMILES string of the molecule is O=C1CC2(CCC2)CC(=O)C1Br. The summed E-state index contributed by atoms with van der Waals surface area (Å²) in [5.41, 5.74) is 0.0957. The van der Waals surface area contributed by atoms with E-state index in [1.807, 2.05) is 0 Å². The zero-order valence-electron chi connectivity index (χ0n) is 6.81. The van der Waals surface area contributed by atoms with Crippen molar-refractivity contribution in [3.63, 3.8) is 0 Å². The van der Waals surface area contributed by atoms with E-state index in [-0.39, 0.29) is 17.0 Å². The molecule has 0 atom stereocenters. The minimum Gasteiger partial charge on any atom is -0.298 e. The number of Topliss-reactive ketones (excluding diaryl/α,β-unsaturated/α-hetero) is 2. The summed E-state index contributed by atoms with van der Waals surface area (Å²) in [7, 11) is 0. The summed E-state index contributed by atoms with van der Waals surface area (Å²) in [5.74, 6) is 0.178. The number of alkyl halides is 1. The highest BCUT2D eigenvalue weighted by molar-refractivity contribution is 9.10. The van der Waals surface area contributed by atoms with Crippen molar-refractivity contribution in [2.24, 2.45) is 5.41 Å². The highest BCUT2D eigenvalue weighted by atomic mass is 79.9. The second-order valence-electron chi connectivity index (χ2n) is 4.00. The van der Waals surface area contributed by atoms with Crippen molar-refractivity contribution < 1.29 is 9.59 Å². The van der Waals surface area contributed by atoms with E-state index in [1.54, 1.807) is 0 Å². The molecule has 0 aromatic carbocycles. The number of carbonyl (C=O) groups is 2. The summed E-state index contributed by atoms with van der Waals surface area (Å²) < 4.78 is 0. The van der Waals surface area contributed by atoms with Crippen molar-refractivity contribution in [2.45, 2.75) is 36.9 Å². The van der Waals surface area contributed by atoms with Gasteiger partial charge in [0.05, 0.1) is 0 Å². The van der Waals surface area contributed by atoms with Crippen molar-refractivity contribution in [1.29, 1.82) is 0 Å². The van der Waals surface area contributed by atoms with E-state index in [0.717, 1.165) is 12.8 Å². The third-order valence-electron chi connectivity index (χ3n) is 3.08. The number of hydrogen-bond acceptors (Lipinski definition) is 2.